The van der Waals surface area contributed by atoms with Crippen LogP contribution in [0.15, 0.2) is 72.8 Å². The zero-order valence-electron chi connectivity index (χ0n) is 26.7. The fraction of sp³-hybridized carbons (Fsp3) is 0.389. The zero-order chi connectivity index (χ0) is 32.9. The first kappa shape index (κ1) is 33.8. The van der Waals surface area contributed by atoms with Crippen molar-refractivity contribution in [3.8, 4) is 11.5 Å². The van der Waals surface area contributed by atoms with E-state index < -0.39 is 5.60 Å². The van der Waals surface area contributed by atoms with E-state index >= 15 is 0 Å². The maximum atomic E-state index is 12.7. The largest absolute Gasteiger partial charge is 0.493 e. The lowest BCUT2D eigenvalue weighted by molar-refractivity contribution is -0.126. The first-order valence-electron chi connectivity index (χ1n) is 15.5. The minimum absolute atomic E-state index is 0.00560. The van der Waals surface area contributed by atoms with Crippen molar-refractivity contribution in [1.82, 2.24) is 15.5 Å². The number of benzene rings is 3. The summed E-state index contributed by atoms with van der Waals surface area (Å²) in [5.41, 5.74) is 2.41. The van der Waals surface area contributed by atoms with Gasteiger partial charge in [-0.2, -0.15) is 0 Å². The molecule has 2 N–H and O–H groups in total. The summed E-state index contributed by atoms with van der Waals surface area (Å²) in [6.07, 6.45) is 1.62. The molecule has 0 aliphatic carbocycles. The second-order valence-corrected chi connectivity index (χ2v) is 12.1. The van der Waals surface area contributed by atoms with Gasteiger partial charge in [-0.1, -0.05) is 48.5 Å². The van der Waals surface area contributed by atoms with Crippen LogP contribution in [0.2, 0.25) is 0 Å². The van der Waals surface area contributed by atoms with Gasteiger partial charge in [-0.15, -0.1) is 0 Å². The molecule has 0 radical (unpaired) electrons. The van der Waals surface area contributed by atoms with Crippen LogP contribution in [0, 0.1) is 12.5 Å². The number of hydrogen-bond acceptors (Lipinski definition) is 6. The summed E-state index contributed by atoms with van der Waals surface area (Å²) in [5, 5.41) is 5.89. The number of carbonyl (C=O) groups is 3. The van der Waals surface area contributed by atoms with E-state index in [0.29, 0.717) is 69.9 Å². The number of ether oxygens (including phenoxy) is 3. The quantitative estimate of drug-likeness (QED) is 0.181. The molecule has 4 rings (SSSR count). The molecule has 1 saturated heterocycles. The molecule has 46 heavy (non-hydrogen) atoms. The van der Waals surface area contributed by atoms with Gasteiger partial charge in [0.2, 0.25) is 5.91 Å². The number of amides is 3. The molecule has 0 aromatic heterocycles. The third-order valence-electron chi connectivity index (χ3n) is 7.37. The van der Waals surface area contributed by atoms with Gasteiger partial charge >= 0.3 is 6.09 Å². The fourth-order valence-electron chi connectivity index (χ4n) is 4.80. The lowest BCUT2D eigenvalue weighted by atomic mass is 9.96. The molecule has 1 heterocycles. The van der Waals surface area contributed by atoms with E-state index in [2.05, 4.69) is 15.5 Å². The van der Waals surface area contributed by atoms with Crippen LogP contribution in [-0.4, -0.2) is 54.7 Å². The Hall–Kier alpha value is -5.04. The number of piperidine rings is 1. The first-order valence-corrected chi connectivity index (χ1v) is 15.5. The van der Waals surface area contributed by atoms with Gasteiger partial charge in [0.1, 0.15) is 17.1 Å². The van der Waals surface area contributed by atoms with Crippen LogP contribution < -0.4 is 20.1 Å². The van der Waals surface area contributed by atoms with Gasteiger partial charge in [-0.3, -0.25) is 9.59 Å². The molecule has 242 valence electrons. The monoisotopic (exact) mass is 626 g/mol. The van der Waals surface area contributed by atoms with E-state index in [-0.39, 0.29) is 23.8 Å². The van der Waals surface area contributed by atoms with Crippen molar-refractivity contribution in [2.45, 2.75) is 58.7 Å². The Morgan fingerprint density at radius 3 is 1.83 bits per heavy atom. The Morgan fingerprint density at radius 1 is 0.804 bits per heavy atom. The summed E-state index contributed by atoms with van der Waals surface area (Å²) < 4.78 is 17.1. The van der Waals surface area contributed by atoms with Gasteiger partial charge in [0.15, 0.2) is 5.69 Å². The molecular formula is C36H42N4O6. The average molecular weight is 627 g/mol. The first-order chi connectivity index (χ1) is 22.1. The van der Waals surface area contributed by atoms with Crippen LogP contribution in [0.1, 0.15) is 61.5 Å². The van der Waals surface area contributed by atoms with Crippen molar-refractivity contribution < 1.29 is 28.6 Å². The van der Waals surface area contributed by atoms with Crippen molar-refractivity contribution >= 4 is 23.6 Å². The number of nitrogens with one attached hydrogen (secondary N) is 2. The molecule has 1 fully saturated rings. The predicted octanol–water partition coefficient (Wildman–Crippen LogP) is 6.28. The maximum Gasteiger partial charge on any atom is 0.410 e. The number of rotatable bonds is 12. The number of nitrogens with zero attached hydrogens (tertiary/aromatic N) is 2. The summed E-state index contributed by atoms with van der Waals surface area (Å²) in [4.78, 5) is 42.2. The second-order valence-electron chi connectivity index (χ2n) is 12.1. The third-order valence-corrected chi connectivity index (χ3v) is 7.37. The highest BCUT2D eigenvalue weighted by atomic mass is 16.6. The van der Waals surface area contributed by atoms with Crippen LogP contribution in [-0.2, 0) is 22.6 Å². The van der Waals surface area contributed by atoms with Gasteiger partial charge in [-0.05, 0) is 69.0 Å². The SMILES string of the molecule is [C-]#[N+]c1ccc(C(=O)NCc2ccc(OCCCOc3ccc(CNC(=O)C4CCN(C(=O)OC(C)(C)C)CC4)cc3)cc2)cc1. The predicted molar refractivity (Wildman–Crippen MR) is 175 cm³/mol. The summed E-state index contributed by atoms with van der Waals surface area (Å²) in [6.45, 7) is 15.4. The molecule has 1 aliphatic heterocycles. The standard InChI is InChI=1S/C36H42N4O6/c1-36(2,3)46-35(43)40-20-18-29(19-21-40)34(42)39-25-27-8-16-32(17-9-27)45-23-5-22-44-31-14-6-26(7-15-31)24-38-33(41)28-10-12-30(37-4)13-11-28/h6-17,29H,5,18-25H2,1-3H3,(H,38,41)(H,39,42). The lowest BCUT2D eigenvalue weighted by Gasteiger charge is -2.32. The molecule has 1 aliphatic rings. The van der Waals surface area contributed by atoms with Crippen molar-refractivity contribution in [1.29, 1.82) is 0 Å². The summed E-state index contributed by atoms with van der Waals surface area (Å²) >= 11 is 0. The highest BCUT2D eigenvalue weighted by Crippen LogP contribution is 2.21. The van der Waals surface area contributed by atoms with E-state index in [1.807, 2.05) is 69.3 Å². The van der Waals surface area contributed by atoms with Crippen molar-refractivity contribution in [3.05, 3.63) is 101 Å². The number of carbonyl (C=O) groups excluding carboxylic acids is 3. The van der Waals surface area contributed by atoms with E-state index in [1.54, 1.807) is 29.2 Å². The van der Waals surface area contributed by atoms with E-state index in [9.17, 15) is 14.4 Å². The maximum absolute atomic E-state index is 12.7. The molecule has 10 nitrogen and oxygen atoms in total. The highest BCUT2D eigenvalue weighted by molar-refractivity contribution is 5.94. The molecular weight excluding hydrogens is 584 g/mol. The molecule has 0 bridgehead atoms. The van der Waals surface area contributed by atoms with Gasteiger partial charge < -0.3 is 29.7 Å². The smallest absolute Gasteiger partial charge is 0.410 e. The Labute approximate surface area is 270 Å². The van der Waals surface area contributed by atoms with E-state index in [1.165, 1.54) is 0 Å². The van der Waals surface area contributed by atoms with E-state index in [0.717, 1.165) is 22.6 Å². The Bertz CT molecular complexity index is 1480. The summed E-state index contributed by atoms with van der Waals surface area (Å²) in [5.74, 6) is 1.19. The fourth-order valence-corrected chi connectivity index (χ4v) is 4.80. The average Bonchev–Trinajstić information content (AvgIpc) is 3.06. The van der Waals surface area contributed by atoms with Crippen LogP contribution in [0.3, 0.4) is 0 Å². The van der Waals surface area contributed by atoms with Gasteiger partial charge in [-0.25, -0.2) is 9.64 Å². The molecule has 10 heteroatoms. The van der Waals surface area contributed by atoms with Crippen molar-refractivity contribution in [2.24, 2.45) is 5.92 Å². The molecule has 0 unspecified atom stereocenters. The molecule has 0 atom stereocenters. The highest BCUT2D eigenvalue weighted by Gasteiger charge is 2.29. The van der Waals surface area contributed by atoms with Crippen molar-refractivity contribution in [3.63, 3.8) is 0 Å². The minimum atomic E-state index is -0.532. The summed E-state index contributed by atoms with van der Waals surface area (Å²) in [7, 11) is 0. The van der Waals surface area contributed by atoms with Gasteiger partial charge in [0, 0.05) is 44.1 Å². The Kier molecular flexibility index (Phi) is 12.0. The third kappa shape index (κ3) is 10.8. The zero-order valence-corrected chi connectivity index (χ0v) is 26.7. The normalized spacial score (nSPS) is 13.3. The molecule has 3 aromatic rings. The van der Waals surface area contributed by atoms with Crippen molar-refractivity contribution in [2.75, 3.05) is 26.3 Å². The molecule has 3 amide bonds. The molecule has 0 spiro atoms. The minimum Gasteiger partial charge on any atom is -0.493 e. The second kappa shape index (κ2) is 16.3. The van der Waals surface area contributed by atoms with Crippen LogP contribution in [0.4, 0.5) is 10.5 Å². The lowest BCUT2D eigenvalue weighted by Crippen LogP contribution is -2.44. The Balaban J connectivity index is 1.07. The topological polar surface area (TPSA) is 111 Å². The number of hydrogen-bond donors (Lipinski definition) is 2. The summed E-state index contributed by atoms with van der Waals surface area (Å²) in [6, 6.07) is 21.8. The van der Waals surface area contributed by atoms with Crippen LogP contribution in [0.5, 0.6) is 11.5 Å². The Morgan fingerprint density at radius 2 is 1.33 bits per heavy atom. The molecule has 3 aromatic carbocycles. The number of likely N-dealkylation sites (tertiary alicyclic amines) is 1. The van der Waals surface area contributed by atoms with E-state index in [4.69, 9.17) is 20.8 Å². The molecule has 0 saturated carbocycles. The van der Waals surface area contributed by atoms with Crippen LogP contribution >= 0.6 is 0 Å². The van der Waals surface area contributed by atoms with Gasteiger partial charge in [0.05, 0.1) is 19.8 Å². The van der Waals surface area contributed by atoms with Gasteiger partial charge in [0.25, 0.3) is 5.91 Å². The van der Waals surface area contributed by atoms with Crippen LogP contribution in [0.25, 0.3) is 4.85 Å².